The summed E-state index contributed by atoms with van der Waals surface area (Å²) < 4.78 is 16.0. The summed E-state index contributed by atoms with van der Waals surface area (Å²) in [5.41, 5.74) is 1.01. The number of imide groups is 1. The largest absolute Gasteiger partial charge is 0.495 e. The van der Waals surface area contributed by atoms with Crippen LogP contribution in [0.4, 0.5) is 10.5 Å². The number of anilines is 1. The van der Waals surface area contributed by atoms with Crippen molar-refractivity contribution in [1.82, 2.24) is 0 Å². The van der Waals surface area contributed by atoms with Gasteiger partial charge in [0.15, 0.2) is 11.5 Å². The molecule has 1 heterocycles. The van der Waals surface area contributed by atoms with E-state index in [1.807, 2.05) is 0 Å². The lowest BCUT2D eigenvalue weighted by molar-refractivity contribution is -0.137. The summed E-state index contributed by atoms with van der Waals surface area (Å²) in [6.07, 6.45) is 1.45. The molecular formula is C21H19NO7S. The molecule has 0 atom stereocenters. The van der Waals surface area contributed by atoms with Crippen LogP contribution in [-0.4, -0.2) is 43.0 Å². The van der Waals surface area contributed by atoms with Gasteiger partial charge in [-0.2, -0.15) is 0 Å². The van der Waals surface area contributed by atoms with Crippen molar-refractivity contribution in [3.8, 4) is 17.2 Å². The topological polar surface area (TPSA) is 102 Å². The van der Waals surface area contributed by atoms with Gasteiger partial charge in [-0.3, -0.25) is 14.4 Å². The highest BCUT2D eigenvalue weighted by Crippen LogP contribution is 2.40. The van der Waals surface area contributed by atoms with Crippen molar-refractivity contribution >= 4 is 40.6 Å². The number of thioether (sulfide) groups is 1. The molecule has 0 unspecified atom stereocenters. The van der Waals surface area contributed by atoms with E-state index < -0.39 is 17.1 Å². The lowest BCUT2D eigenvalue weighted by Gasteiger charge is -2.15. The molecule has 0 spiro atoms. The highest BCUT2D eigenvalue weighted by Gasteiger charge is 2.37. The first-order chi connectivity index (χ1) is 14.4. The summed E-state index contributed by atoms with van der Waals surface area (Å²) in [5.74, 6) is -0.215. The molecule has 156 valence electrons. The average Bonchev–Trinajstić information content (AvgIpc) is 3.01. The van der Waals surface area contributed by atoms with Gasteiger partial charge in [-0.25, -0.2) is 4.90 Å². The molecule has 2 amide bonds. The molecule has 0 saturated carbocycles. The quantitative estimate of drug-likeness (QED) is 0.632. The van der Waals surface area contributed by atoms with Gasteiger partial charge in [-0.05, 0) is 47.7 Å². The Hall–Kier alpha value is -3.46. The molecule has 30 heavy (non-hydrogen) atoms. The van der Waals surface area contributed by atoms with E-state index in [0.717, 1.165) is 16.7 Å². The van der Waals surface area contributed by atoms with Gasteiger partial charge in [0.05, 0.1) is 37.8 Å². The van der Waals surface area contributed by atoms with Crippen molar-refractivity contribution < 1.29 is 33.7 Å². The van der Waals surface area contributed by atoms with E-state index in [-0.39, 0.29) is 17.9 Å². The lowest BCUT2D eigenvalue weighted by atomic mass is 10.1. The minimum atomic E-state index is -0.962. The summed E-state index contributed by atoms with van der Waals surface area (Å²) in [6.45, 7) is 0.00281. The Morgan fingerprint density at radius 3 is 2.50 bits per heavy atom. The van der Waals surface area contributed by atoms with Crippen LogP contribution < -0.4 is 19.1 Å². The van der Waals surface area contributed by atoms with Gasteiger partial charge in [0.25, 0.3) is 11.1 Å². The first-order valence-corrected chi connectivity index (χ1v) is 9.70. The number of carboxylic acids is 1. The van der Waals surface area contributed by atoms with Gasteiger partial charge in [0, 0.05) is 0 Å². The third-order valence-corrected chi connectivity index (χ3v) is 5.05. The Kier molecular flexibility index (Phi) is 6.63. The van der Waals surface area contributed by atoms with Crippen molar-refractivity contribution in [3.63, 3.8) is 0 Å². The third-order valence-electron chi connectivity index (χ3n) is 4.18. The van der Waals surface area contributed by atoms with Crippen LogP contribution in [0.5, 0.6) is 17.2 Å². The predicted molar refractivity (Wildman–Crippen MR) is 112 cm³/mol. The standard InChI is InChI=1S/C21H19NO7S/c1-27-15-6-4-3-5-14(15)22-20(25)18(30-21(22)26)12-13-7-8-16(17(11-13)28-2)29-10-9-19(23)24/h3-8,11-12H,9-10H2,1-2H3,(H,23,24)/b18-12+. The normalized spacial score (nSPS) is 14.9. The second-order valence-corrected chi connectivity index (χ2v) is 7.08. The summed E-state index contributed by atoms with van der Waals surface area (Å²) in [5, 5.41) is 8.29. The number of nitrogens with zero attached hydrogens (tertiary/aromatic N) is 1. The molecule has 2 aromatic rings. The SMILES string of the molecule is COc1cc(/C=C2/SC(=O)N(c3ccccc3OC)C2=O)ccc1OCCC(=O)O. The van der Waals surface area contributed by atoms with Crippen molar-refractivity contribution in [2.45, 2.75) is 6.42 Å². The highest BCUT2D eigenvalue weighted by molar-refractivity contribution is 8.19. The number of benzene rings is 2. The van der Waals surface area contributed by atoms with Crippen molar-refractivity contribution in [3.05, 3.63) is 52.9 Å². The molecular weight excluding hydrogens is 410 g/mol. The Labute approximate surface area is 177 Å². The fourth-order valence-electron chi connectivity index (χ4n) is 2.78. The van der Waals surface area contributed by atoms with Crippen molar-refractivity contribution in [2.24, 2.45) is 0 Å². The minimum Gasteiger partial charge on any atom is -0.495 e. The van der Waals surface area contributed by atoms with E-state index in [1.165, 1.54) is 14.2 Å². The maximum atomic E-state index is 12.9. The first kappa shape index (κ1) is 21.3. The summed E-state index contributed by atoms with van der Waals surface area (Å²) in [4.78, 5) is 37.3. The Balaban J connectivity index is 1.84. The van der Waals surface area contributed by atoms with E-state index in [4.69, 9.17) is 19.3 Å². The summed E-state index contributed by atoms with van der Waals surface area (Å²) in [7, 11) is 2.93. The second-order valence-electron chi connectivity index (χ2n) is 6.09. The van der Waals surface area contributed by atoms with Crippen LogP contribution in [0.3, 0.4) is 0 Å². The Bertz CT molecular complexity index is 1020. The molecule has 1 saturated heterocycles. The molecule has 0 aliphatic carbocycles. The number of hydrogen-bond acceptors (Lipinski definition) is 7. The number of amides is 2. The van der Waals surface area contributed by atoms with Crippen LogP contribution in [0, 0.1) is 0 Å². The molecule has 0 aromatic heterocycles. The number of para-hydroxylation sites is 2. The van der Waals surface area contributed by atoms with E-state index >= 15 is 0 Å². The van der Waals surface area contributed by atoms with E-state index in [0.29, 0.717) is 28.5 Å². The van der Waals surface area contributed by atoms with Gasteiger partial charge in [0.2, 0.25) is 0 Å². The third kappa shape index (κ3) is 4.57. The minimum absolute atomic E-state index is 0.00281. The van der Waals surface area contributed by atoms with Crippen LogP contribution in [0.2, 0.25) is 0 Å². The lowest BCUT2D eigenvalue weighted by Crippen LogP contribution is -2.28. The van der Waals surface area contributed by atoms with Gasteiger partial charge >= 0.3 is 5.97 Å². The van der Waals surface area contributed by atoms with E-state index in [2.05, 4.69) is 0 Å². The molecule has 0 radical (unpaired) electrons. The molecule has 2 aromatic carbocycles. The number of ether oxygens (including phenoxy) is 3. The fourth-order valence-corrected chi connectivity index (χ4v) is 3.62. The monoisotopic (exact) mass is 429 g/mol. The Morgan fingerprint density at radius 2 is 1.80 bits per heavy atom. The maximum absolute atomic E-state index is 12.9. The van der Waals surface area contributed by atoms with Crippen LogP contribution in [0.1, 0.15) is 12.0 Å². The van der Waals surface area contributed by atoms with Crippen molar-refractivity contribution in [2.75, 3.05) is 25.7 Å². The number of carbonyl (C=O) groups is 3. The number of carboxylic acid groups (broad SMARTS) is 1. The average molecular weight is 429 g/mol. The van der Waals surface area contributed by atoms with E-state index in [9.17, 15) is 14.4 Å². The molecule has 1 N–H and O–H groups in total. The smallest absolute Gasteiger partial charge is 0.306 e. The van der Waals surface area contributed by atoms with Crippen LogP contribution in [-0.2, 0) is 9.59 Å². The summed E-state index contributed by atoms with van der Waals surface area (Å²) >= 11 is 0.831. The van der Waals surface area contributed by atoms with Crippen LogP contribution in [0.25, 0.3) is 6.08 Å². The fraction of sp³-hybridized carbons (Fsp3) is 0.190. The molecule has 0 bridgehead atoms. The molecule has 3 rings (SSSR count). The van der Waals surface area contributed by atoms with Crippen LogP contribution in [0.15, 0.2) is 47.4 Å². The van der Waals surface area contributed by atoms with Gasteiger partial charge in [0.1, 0.15) is 5.75 Å². The molecule has 8 nitrogen and oxygen atoms in total. The summed E-state index contributed by atoms with van der Waals surface area (Å²) in [6, 6.07) is 11.8. The zero-order valence-corrected chi connectivity index (χ0v) is 17.1. The predicted octanol–water partition coefficient (Wildman–Crippen LogP) is 3.80. The molecule has 1 fully saturated rings. The maximum Gasteiger partial charge on any atom is 0.306 e. The van der Waals surface area contributed by atoms with Crippen molar-refractivity contribution in [1.29, 1.82) is 0 Å². The second kappa shape index (κ2) is 9.36. The van der Waals surface area contributed by atoms with Gasteiger partial charge in [-0.1, -0.05) is 18.2 Å². The first-order valence-electron chi connectivity index (χ1n) is 8.88. The van der Waals surface area contributed by atoms with Crippen LogP contribution >= 0.6 is 11.8 Å². The number of aliphatic carboxylic acids is 1. The van der Waals surface area contributed by atoms with E-state index in [1.54, 1.807) is 48.5 Å². The molecule has 1 aliphatic heterocycles. The van der Waals surface area contributed by atoms with Gasteiger partial charge in [-0.15, -0.1) is 0 Å². The molecule has 1 aliphatic rings. The zero-order valence-electron chi connectivity index (χ0n) is 16.3. The highest BCUT2D eigenvalue weighted by atomic mass is 32.2. The number of methoxy groups -OCH3 is 2. The Morgan fingerprint density at radius 1 is 1.07 bits per heavy atom. The molecule has 9 heteroatoms. The number of carbonyl (C=O) groups excluding carboxylic acids is 2. The number of rotatable bonds is 8. The van der Waals surface area contributed by atoms with Gasteiger partial charge < -0.3 is 19.3 Å². The zero-order chi connectivity index (χ0) is 21.7. The number of hydrogen-bond donors (Lipinski definition) is 1.